The molecule has 1 aromatic heterocycles. The zero-order chi connectivity index (χ0) is 15.7. The molecule has 1 N–H and O–H groups in total. The summed E-state index contributed by atoms with van der Waals surface area (Å²) in [5.41, 5.74) is 1.69. The minimum atomic E-state index is -2.61. The van der Waals surface area contributed by atoms with Crippen LogP contribution >= 0.6 is 0 Å². The molecule has 0 amide bonds. The maximum Gasteiger partial charge on any atom is 0.326 e. The van der Waals surface area contributed by atoms with E-state index >= 15 is 0 Å². The van der Waals surface area contributed by atoms with Crippen LogP contribution in [0.15, 0.2) is 29.1 Å². The third-order valence-corrected chi connectivity index (χ3v) is 4.41. The van der Waals surface area contributed by atoms with E-state index in [1.54, 1.807) is 0 Å². The first-order valence-corrected chi connectivity index (χ1v) is 7.73. The topological polar surface area (TPSA) is 41.0 Å². The van der Waals surface area contributed by atoms with Gasteiger partial charge in [0, 0.05) is 32.1 Å². The van der Waals surface area contributed by atoms with E-state index in [2.05, 4.69) is 9.88 Å². The molecule has 120 valence electrons. The van der Waals surface area contributed by atoms with Crippen molar-refractivity contribution in [3.8, 4) is 0 Å². The molecule has 0 saturated carbocycles. The molecule has 0 spiro atoms. The first-order chi connectivity index (χ1) is 10.4. The number of para-hydroxylation sites is 2. The first-order valence-electron chi connectivity index (χ1n) is 7.73. The van der Waals surface area contributed by atoms with Gasteiger partial charge in [0.05, 0.1) is 11.0 Å². The Hall–Kier alpha value is -1.69. The molecule has 0 atom stereocenters. The van der Waals surface area contributed by atoms with E-state index in [0.717, 1.165) is 43.9 Å². The van der Waals surface area contributed by atoms with Crippen LogP contribution in [0, 0.1) is 0 Å². The summed E-state index contributed by atoms with van der Waals surface area (Å²) in [7, 11) is 0. The minimum Gasteiger partial charge on any atom is -0.306 e. The third kappa shape index (κ3) is 3.21. The molecule has 1 aliphatic rings. The van der Waals surface area contributed by atoms with Gasteiger partial charge in [-0.3, -0.25) is 4.57 Å². The van der Waals surface area contributed by atoms with Crippen LogP contribution in [0.1, 0.15) is 32.2 Å². The van der Waals surface area contributed by atoms with Crippen LogP contribution in [0.3, 0.4) is 0 Å². The van der Waals surface area contributed by atoms with Crippen molar-refractivity contribution in [1.82, 2.24) is 14.5 Å². The fourth-order valence-corrected chi connectivity index (χ4v) is 3.19. The van der Waals surface area contributed by atoms with Crippen molar-refractivity contribution in [1.29, 1.82) is 0 Å². The zero-order valence-electron chi connectivity index (χ0n) is 12.7. The highest BCUT2D eigenvalue weighted by Crippen LogP contribution is 2.26. The molecule has 1 fully saturated rings. The summed E-state index contributed by atoms with van der Waals surface area (Å²) in [5, 5.41) is 0. The monoisotopic (exact) mass is 309 g/mol. The summed E-state index contributed by atoms with van der Waals surface area (Å²) in [4.78, 5) is 17.1. The van der Waals surface area contributed by atoms with Crippen LogP contribution < -0.4 is 5.69 Å². The van der Waals surface area contributed by atoms with Crippen molar-refractivity contribution in [2.75, 3.05) is 19.6 Å². The molecular formula is C16H21F2N3O. The Labute approximate surface area is 127 Å². The highest BCUT2D eigenvalue weighted by Gasteiger charge is 2.26. The number of imidazole rings is 1. The van der Waals surface area contributed by atoms with Crippen LogP contribution in [0.4, 0.5) is 8.78 Å². The van der Waals surface area contributed by atoms with Gasteiger partial charge in [0.1, 0.15) is 0 Å². The Bertz CT molecular complexity index is 693. The summed E-state index contributed by atoms with van der Waals surface area (Å²) in [5.74, 6) is -2.61. The molecule has 1 aromatic carbocycles. The lowest BCUT2D eigenvalue weighted by molar-refractivity contribution is 0.000521. The molecule has 1 saturated heterocycles. The van der Waals surface area contributed by atoms with Gasteiger partial charge >= 0.3 is 5.69 Å². The first kappa shape index (κ1) is 15.2. The number of piperidine rings is 1. The largest absolute Gasteiger partial charge is 0.326 e. The number of rotatable bonds is 4. The number of hydrogen-bond acceptors (Lipinski definition) is 2. The summed E-state index contributed by atoms with van der Waals surface area (Å²) < 4.78 is 27.7. The van der Waals surface area contributed by atoms with Gasteiger partial charge in [-0.1, -0.05) is 12.1 Å². The van der Waals surface area contributed by atoms with E-state index in [4.69, 9.17) is 0 Å². The lowest BCUT2D eigenvalue weighted by Gasteiger charge is -2.33. The van der Waals surface area contributed by atoms with Gasteiger partial charge in [0.15, 0.2) is 0 Å². The Morgan fingerprint density at radius 3 is 2.64 bits per heavy atom. The van der Waals surface area contributed by atoms with Gasteiger partial charge in [-0.2, -0.15) is 0 Å². The molecule has 3 rings (SSSR count). The number of nitrogens with one attached hydrogen (secondary N) is 1. The second-order valence-corrected chi connectivity index (χ2v) is 6.21. The van der Waals surface area contributed by atoms with Crippen molar-refractivity contribution in [2.45, 2.75) is 38.2 Å². The SMILES string of the molecule is CC(F)(F)CCN1CCC(n2c(=O)[nH]c3ccccc32)CC1. The second kappa shape index (κ2) is 5.83. The number of nitrogens with zero attached hydrogens (tertiary/aromatic N) is 2. The van der Waals surface area contributed by atoms with E-state index < -0.39 is 5.92 Å². The van der Waals surface area contributed by atoms with Crippen molar-refractivity contribution in [3.05, 3.63) is 34.7 Å². The number of aromatic nitrogens is 2. The number of H-pyrrole nitrogens is 1. The Morgan fingerprint density at radius 2 is 1.95 bits per heavy atom. The predicted molar refractivity (Wildman–Crippen MR) is 82.5 cm³/mol. The second-order valence-electron chi connectivity index (χ2n) is 6.21. The molecule has 0 aliphatic carbocycles. The smallest absolute Gasteiger partial charge is 0.306 e. The number of halogens is 2. The van der Waals surface area contributed by atoms with E-state index in [1.165, 1.54) is 0 Å². The fraction of sp³-hybridized carbons (Fsp3) is 0.562. The van der Waals surface area contributed by atoms with Gasteiger partial charge in [0.2, 0.25) is 5.92 Å². The maximum atomic E-state index is 12.9. The fourth-order valence-electron chi connectivity index (χ4n) is 3.19. The number of fused-ring (bicyclic) bond motifs is 1. The Balaban J connectivity index is 1.68. The number of alkyl halides is 2. The maximum absolute atomic E-state index is 12.9. The minimum absolute atomic E-state index is 0.0836. The molecule has 0 radical (unpaired) electrons. The van der Waals surface area contributed by atoms with Gasteiger partial charge < -0.3 is 9.88 Å². The van der Waals surface area contributed by atoms with E-state index in [9.17, 15) is 13.6 Å². The number of likely N-dealkylation sites (tertiary alicyclic amines) is 1. The average molecular weight is 309 g/mol. The lowest BCUT2D eigenvalue weighted by atomic mass is 10.0. The van der Waals surface area contributed by atoms with Crippen molar-refractivity contribution in [3.63, 3.8) is 0 Å². The molecule has 1 aliphatic heterocycles. The average Bonchev–Trinajstić information content (AvgIpc) is 2.81. The molecule has 4 nitrogen and oxygen atoms in total. The van der Waals surface area contributed by atoms with Crippen LogP contribution in [0.25, 0.3) is 11.0 Å². The van der Waals surface area contributed by atoms with Crippen molar-refractivity contribution < 1.29 is 8.78 Å². The van der Waals surface area contributed by atoms with Crippen LogP contribution in [-0.2, 0) is 0 Å². The highest BCUT2D eigenvalue weighted by molar-refractivity contribution is 5.75. The molecule has 0 bridgehead atoms. The van der Waals surface area contributed by atoms with Gasteiger partial charge in [-0.25, -0.2) is 13.6 Å². The molecule has 2 heterocycles. The van der Waals surface area contributed by atoms with Crippen molar-refractivity contribution in [2.24, 2.45) is 0 Å². The molecular weight excluding hydrogens is 288 g/mol. The number of aromatic amines is 1. The predicted octanol–water partition coefficient (Wildman–Crippen LogP) is 3.01. The normalized spacial score (nSPS) is 18.1. The summed E-state index contributed by atoms with van der Waals surface area (Å²) in [6.45, 7) is 2.89. The zero-order valence-corrected chi connectivity index (χ0v) is 12.7. The summed E-state index contributed by atoms with van der Waals surface area (Å²) >= 11 is 0. The van der Waals surface area contributed by atoms with E-state index in [1.807, 2.05) is 28.8 Å². The van der Waals surface area contributed by atoms with Crippen LogP contribution in [-0.4, -0.2) is 40.0 Å². The van der Waals surface area contributed by atoms with Gasteiger partial charge in [0.25, 0.3) is 0 Å². The lowest BCUT2D eigenvalue weighted by Crippen LogP contribution is -2.38. The van der Waals surface area contributed by atoms with Crippen molar-refractivity contribution >= 4 is 11.0 Å². The number of benzene rings is 1. The quantitative estimate of drug-likeness (QED) is 0.943. The Kier molecular flexibility index (Phi) is 4.04. The highest BCUT2D eigenvalue weighted by atomic mass is 19.3. The van der Waals surface area contributed by atoms with Gasteiger partial charge in [-0.05, 0) is 31.9 Å². The van der Waals surface area contributed by atoms with E-state index in [-0.39, 0.29) is 18.2 Å². The number of hydrogen-bond donors (Lipinski definition) is 1. The van der Waals surface area contributed by atoms with Crippen LogP contribution in [0.5, 0.6) is 0 Å². The van der Waals surface area contributed by atoms with Gasteiger partial charge in [-0.15, -0.1) is 0 Å². The molecule has 6 heteroatoms. The standard InChI is InChI=1S/C16H21F2N3O/c1-16(17,18)8-11-20-9-6-12(7-10-20)21-14-5-3-2-4-13(14)19-15(21)22/h2-5,12H,6-11H2,1H3,(H,19,22). The molecule has 22 heavy (non-hydrogen) atoms. The Morgan fingerprint density at radius 1 is 1.27 bits per heavy atom. The molecule has 0 unspecified atom stereocenters. The van der Waals surface area contributed by atoms with E-state index in [0.29, 0.717) is 6.54 Å². The summed E-state index contributed by atoms with van der Waals surface area (Å²) in [6.07, 6.45) is 1.53. The third-order valence-electron chi connectivity index (χ3n) is 4.41. The molecule has 2 aromatic rings. The van der Waals surface area contributed by atoms with Crippen LogP contribution in [0.2, 0.25) is 0 Å². The summed E-state index contributed by atoms with van der Waals surface area (Å²) in [6, 6.07) is 7.80.